The van der Waals surface area contributed by atoms with Crippen LogP contribution < -0.4 is 9.89 Å². The zero-order chi connectivity index (χ0) is 8.84. The summed E-state index contributed by atoms with van der Waals surface area (Å²) in [6.07, 6.45) is 5.27. The number of hydrogen-bond donors (Lipinski definition) is 0. The Morgan fingerprint density at radius 2 is 2.38 bits per heavy atom. The van der Waals surface area contributed by atoms with E-state index in [2.05, 4.69) is 44.5 Å². The molecule has 0 aromatic carbocycles. The van der Waals surface area contributed by atoms with Crippen LogP contribution in [0.2, 0.25) is 0 Å². The number of hydrogen-bond acceptors (Lipinski definition) is 2. The predicted octanol–water partition coefficient (Wildman–Crippen LogP) is 2.10. The SMILES string of the molecule is BrC1=CCC2=c3ccsc3=NC2=C1. The van der Waals surface area contributed by atoms with Crippen LogP contribution >= 0.6 is 27.3 Å². The van der Waals surface area contributed by atoms with Crippen LogP contribution in [0.3, 0.4) is 0 Å². The number of nitrogens with zero attached hydrogens (tertiary/aromatic N) is 1. The van der Waals surface area contributed by atoms with Gasteiger partial charge in [-0.1, -0.05) is 22.0 Å². The van der Waals surface area contributed by atoms with Gasteiger partial charge in [-0.05, 0) is 29.5 Å². The lowest BCUT2D eigenvalue weighted by Crippen LogP contribution is -2.15. The molecule has 3 heteroatoms. The lowest BCUT2D eigenvalue weighted by atomic mass is 10.0. The zero-order valence-electron chi connectivity index (χ0n) is 6.75. The van der Waals surface area contributed by atoms with E-state index in [-0.39, 0.29) is 0 Å². The quantitative estimate of drug-likeness (QED) is 0.670. The van der Waals surface area contributed by atoms with Gasteiger partial charge in [0.15, 0.2) is 0 Å². The summed E-state index contributed by atoms with van der Waals surface area (Å²) in [4.78, 5) is 4.56. The summed E-state index contributed by atoms with van der Waals surface area (Å²) in [5, 5.41) is 3.43. The van der Waals surface area contributed by atoms with Crippen molar-refractivity contribution in [2.45, 2.75) is 6.42 Å². The Labute approximate surface area is 87.9 Å². The maximum Gasteiger partial charge on any atom is 0.124 e. The lowest BCUT2D eigenvalue weighted by molar-refractivity contribution is 1.28. The van der Waals surface area contributed by atoms with Crippen LogP contribution in [-0.4, -0.2) is 0 Å². The molecule has 1 aromatic heterocycles. The van der Waals surface area contributed by atoms with Gasteiger partial charge in [0.2, 0.25) is 0 Å². The van der Waals surface area contributed by atoms with Crippen molar-refractivity contribution in [3.8, 4) is 0 Å². The third kappa shape index (κ3) is 1.07. The molecule has 1 aliphatic heterocycles. The minimum Gasteiger partial charge on any atom is -0.237 e. The molecule has 13 heavy (non-hydrogen) atoms. The Hall–Kier alpha value is -0.670. The summed E-state index contributed by atoms with van der Waals surface area (Å²) in [6.45, 7) is 0. The van der Waals surface area contributed by atoms with Crippen LogP contribution in [0.15, 0.2) is 38.8 Å². The fourth-order valence-corrected chi connectivity index (χ4v) is 2.84. The summed E-state index contributed by atoms with van der Waals surface area (Å²) in [7, 11) is 0. The normalized spacial score (nSPS) is 18.7. The second-order valence-corrected chi connectivity index (χ2v) is 4.86. The number of thiophene rings is 1. The molecule has 0 bridgehead atoms. The molecule has 0 saturated heterocycles. The van der Waals surface area contributed by atoms with Crippen molar-refractivity contribution in [3.63, 3.8) is 0 Å². The first kappa shape index (κ1) is 7.71. The van der Waals surface area contributed by atoms with Crippen molar-refractivity contribution in [1.82, 2.24) is 0 Å². The molecular weight excluding hydrogens is 246 g/mol. The highest BCUT2D eigenvalue weighted by Crippen LogP contribution is 2.28. The summed E-state index contributed by atoms with van der Waals surface area (Å²) in [5.41, 5.74) is 2.51. The molecule has 0 radical (unpaired) electrons. The molecule has 2 aliphatic rings. The molecule has 0 atom stereocenters. The first-order valence-electron chi connectivity index (χ1n) is 4.08. The van der Waals surface area contributed by atoms with E-state index in [0.29, 0.717) is 0 Å². The molecule has 0 amide bonds. The van der Waals surface area contributed by atoms with E-state index in [4.69, 9.17) is 0 Å². The first-order chi connectivity index (χ1) is 6.34. The molecule has 3 rings (SSSR count). The highest BCUT2D eigenvalue weighted by molar-refractivity contribution is 9.11. The largest absolute Gasteiger partial charge is 0.237 e. The van der Waals surface area contributed by atoms with Gasteiger partial charge in [-0.25, -0.2) is 4.99 Å². The van der Waals surface area contributed by atoms with Gasteiger partial charge in [-0.3, -0.25) is 0 Å². The number of fused-ring (bicyclic) bond motifs is 2. The molecule has 0 spiro atoms. The number of rotatable bonds is 0. The van der Waals surface area contributed by atoms with Gasteiger partial charge < -0.3 is 0 Å². The molecule has 0 N–H and O–H groups in total. The van der Waals surface area contributed by atoms with Crippen molar-refractivity contribution in [2.75, 3.05) is 0 Å². The van der Waals surface area contributed by atoms with Crippen LogP contribution in [-0.2, 0) is 0 Å². The molecule has 0 saturated carbocycles. The molecule has 1 aliphatic carbocycles. The summed E-state index contributed by atoms with van der Waals surface area (Å²) in [5.74, 6) is 0. The maximum absolute atomic E-state index is 4.56. The van der Waals surface area contributed by atoms with E-state index in [1.54, 1.807) is 11.3 Å². The Morgan fingerprint density at radius 1 is 1.46 bits per heavy atom. The Bertz CT molecular complexity index is 548. The molecule has 1 nitrogen and oxygen atoms in total. The van der Waals surface area contributed by atoms with E-state index in [1.807, 2.05) is 0 Å². The van der Waals surface area contributed by atoms with Gasteiger partial charge in [-0.15, -0.1) is 11.3 Å². The summed E-state index contributed by atoms with van der Waals surface area (Å²) < 4.78 is 2.31. The van der Waals surface area contributed by atoms with Crippen molar-refractivity contribution in [1.29, 1.82) is 0 Å². The molecule has 2 heterocycles. The van der Waals surface area contributed by atoms with Gasteiger partial charge in [0.1, 0.15) is 4.67 Å². The fourth-order valence-electron chi connectivity index (χ4n) is 1.66. The Morgan fingerprint density at radius 3 is 3.31 bits per heavy atom. The molecule has 64 valence electrons. The lowest BCUT2D eigenvalue weighted by Gasteiger charge is -2.06. The third-order valence-electron chi connectivity index (χ3n) is 2.28. The van der Waals surface area contributed by atoms with E-state index in [0.717, 1.165) is 21.3 Å². The standard InChI is InChI=1S/C10H6BrNS/c11-6-1-2-7-8-3-4-13-10(8)12-9(7)5-6/h1,3-5H,2H2. The summed E-state index contributed by atoms with van der Waals surface area (Å²) in [6, 6.07) is 2.16. The minimum atomic E-state index is 1.000. The molecular formula is C10H6BrNS. The first-order valence-corrected chi connectivity index (χ1v) is 5.75. The van der Waals surface area contributed by atoms with E-state index in [9.17, 15) is 0 Å². The van der Waals surface area contributed by atoms with Gasteiger partial charge in [0.25, 0.3) is 0 Å². The average Bonchev–Trinajstić information content (AvgIpc) is 2.62. The smallest absolute Gasteiger partial charge is 0.124 e. The van der Waals surface area contributed by atoms with Gasteiger partial charge in [0.05, 0.1) is 5.70 Å². The second-order valence-electron chi connectivity index (χ2n) is 3.05. The van der Waals surface area contributed by atoms with Crippen LogP contribution in [0.5, 0.6) is 0 Å². The Kier molecular flexibility index (Phi) is 1.58. The van der Waals surface area contributed by atoms with E-state index in [1.165, 1.54) is 10.8 Å². The monoisotopic (exact) mass is 251 g/mol. The third-order valence-corrected chi connectivity index (χ3v) is 3.64. The highest BCUT2D eigenvalue weighted by atomic mass is 79.9. The molecule has 0 unspecified atom stereocenters. The van der Waals surface area contributed by atoms with Crippen molar-refractivity contribution in [3.05, 3.63) is 43.7 Å². The van der Waals surface area contributed by atoms with Crippen LogP contribution in [0.25, 0.3) is 5.57 Å². The summed E-state index contributed by atoms with van der Waals surface area (Å²) >= 11 is 5.19. The van der Waals surface area contributed by atoms with E-state index >= 15 is 0 Å². The zero-order valence-corrected chi connectivity index (χ0v) is 9.15. The average molecular weight is 252 g/mol. The Balaban J connectivity index is 2.37. The van der Waals surface area contributed by atoms with Crippen molar-refractivity contribution >= 4 is 32.8 Å². The number of allylic oxidation sites excluding steroid dienone is 4. The van der Waals surface area contributed by atoms with E-state index < -0.39 is 0 Å². The van der Waals surface area contributed by atoms with Crippen LogP contribution in [0.4, 0.5) is 0 Å². The number of halogens is 1. The van der Waals surface area contributed by atoms with Crippen molar-refractivity contribution < 1.29 is 0 Å². The maximum atomic E-state index is 4.56. The van der Waals surface area contributed by atoms with Gasteiger partial charge in [-0.2, -0.15) is 0 Å². The second kappa shape index (κ2) is 2.66. The molecule has 0 fully saturated rings. The van der Waals surface area contributed by atoms with Crippen molar-refractivity contribution in [2.24, 2.45) is 4.99 Å². The van der Waals surface area contributed by atoms with Crippen LogP contribution in [0.1, 0.15) is 6.42 Å². The highest BCUT2D eigenvalue weighted by Gasteiger charge is 2.15. The van der Waals surface area contributed by atoms with Gasteiger partial charge in [0, 0.05) is 9.70 Å². The topological polar surface area (TPSA) is 12.4 Å². The van der Waals surface area contributed by atoms with Gasteiger partial charge >= 0.3 is 0 Å². The fraction of sp³-hybridized carbons (Fsp3) is 0.100. The van der Waals surface area contributed by atoms with Crippen LogP contribution in [0, 0.1) is 0 Å². The molecule has 1 aromatic rings. The predicted molar refractivity (Wildman–Crippen MR) is 58.2 cm³/mol. The minimum absolute atomic E-state index is 1.000.